The summed E-state index contributed by atoms with van der Waals surface area (Å²) >= 11 is 1.76. The molecule has 2 aromatic heterocycles. The maximum Gasteiger partial charge on any atom is 0.345 e. The number of azo groups is 2. The first-order valence-corrected chi connectivity index (χ1v) is 15.8. The topological polar surface area (TPSA) is 168 Å². The van der Waals surface area contributed by atoms with Gasteiger partial charge in [0.15, 0.2) is 0 Å². The predicted molar refractivity (Wildman–Crippen MR) is 176 cm³/mol. The molecule has 0 aliphatic heterocycles. The number of rotatable bonds is 16. The van der Waals surface area contributed by atoms with Crippen LogP contribution in [-0.2, 0) is 0 Å². The lowest BCUT2D eigenvalue weighted by atomic mass is 10.2. The zero-order valence-corrected chi connectivity index (χ0v) is 27.0. The molecule has 0 fully saturated rings. The Balaban J connectivity index is 1.27. The molecule has 0 N–H and O–H groups in total. The Hall–Kier alpha value is -4.74. The van der Waals surface area contributed by atoms with Crippen molar-refractivity contribution >= 4 is 65.7 Å². The minimum atomic E-state index is -0.494. The molecule has 0 aliphatic rings. The number of quaternary nitrogens is 1. The number of anilines is 2. The number of hydrogen-bond donors (Lipinski definition) is 0. The monoisotopic (exact) mass is 652 g/mol. The maximum atomic E-state index is 10.8. The Kier molecular flexibility index (Phi) is 11.3. The van der Waals surface area contributed by atoms with Crippen LogP contribution >= 0.6 is 22.7 Å². The number of hydrogen-bond acceptors (Lipinski definition) is 14. The molecule has 2 heterocycles. The molecule has 4 rings (SSSR count). The average molecular weight is 653 g/mol. The van der Waals surface area contributed by atoms with E-state index in [-0.39, 0.29) is 20.3 Å². The van der Waals surface area contributed by atoms with Crippen LogP contribution in [0.25, 0.3) is 0 Å². The summed E-state index contributed by atoms with van der Waals surface area (Å²) in [7, 11) is 4.47. The number of aromatic nitrogens is 2. The van der Waals surface area contributed by atoms with Gasteiger partial charge in [-0.1, -0.05) is 0 Å². The highest BCUT2D eigenvalue weighted by molar-refractivity contribution is 7.18. The van der Waals surface area contributed by atoms with E-state index in [1.54, 1.807) is 0 Å². The van der Waals surface area contributed by atoms with Crippen LogP contribution in [-0.4, -0.2) is 77.7 Å². The van der Waals surface area contributed by atoms with Crippen LogP contribution in [0, 0.1) is 20.2 Å². The molecule has 4 aromatic rings. The van der Waals surface area contributed by atoms with Gasteiger partial charge in [-0.15, -0.1) is 20.5 Å². The minimum absolute atomic E-state index is 0.0679. The van der Waals surface area contributed by atoms with Crippen LogP contribution in [0.3, 0.4) is 0 Å². The molecule has 17 heteroatoms. The average Bonchev–Trinajstić information content (AvgIpc) is 3.71. The normalized spacial score (nSPS) is 11.8. The molecule has 45 heavy (non-hydrogen) atoms. The van der Waals surface area contributed by atoms with Gasteiger partial charge in [-0.2, -0.15) is 0 Å². The molecule has 2 aromatic carbocycles. The van der Waals surface area contributed by atoms with Gasteiger partial charge in [-0.05, 0) is 85.1 Å². The van der Waals surface area contributed by atoms with Gasteiger partial charge in [0.25, 0.3) is 0 Å². The summed E-state index contributed by atoms with van der Waals surface area (Å²) in [5, 5.41) is 38.3. The first-order valence-electron chi connectivity index (χ1n) is 14.1. The summed E-state index contributed by atoms with van der Waals surface area (Å²) in [6.07, 6.45) is 2.36. The van der Waals surface area contributed by atoms with E-state index in [4.69, 9.17) is 0 Å². The highest BCUT2D eigenvalue weighted by Crippen LogP contribution is 2.30. The Morgan fingerprint density at radius 2 is 1.07 bits per heavy atom. The molecule has 0 saturated carbocycles. The Bertz CT molecular complexity index is 1520. The van der Waals surface area contributed by atoms with Gasteiger partial charge in [0.05, 0.1) is 61.5 Å². The first kappa shape index (κ1) is 33.2. The standard InChI is InChI=1S/C28H34N11O4S2/c1-5-35(23-11-7-21(8-12-23)31-33-27-29-19-25(44-27)37(40)41)15-17-39(3,4)18-16-36(6-2)24-13-9-22(10-14-24)32-34-28-30-20-26(45-28)38(42)43/h7-14,19-20H,5-6,15-18H2,1-4H3/q+1. The number of thiazole rings is 2. The van der Waals surface area contributed by atoms with Crippen molar-refractivity contribution in [3.63, 3.8) is 0 Å². The second-order valence-electron chi connectivity index (χ2n) is 10.5. The summed E-state index contributed by atoms with van der Waals surface area (Å²) in [4.78, 5) is 33.1. The van der Waals surface area contributed by atoms with Crippen LogP contribution in [0.15, 0.2) is 81.4 Å². The molecule has 0 spiro atoms. The molecule has 0 unspecified atom stereocenters. The van der Waals surface area contributed by atoms with Crippen LogP contribution in [0.1, 0.15) is 13.8 Å². The lowest BCUT2D eigenvalue weighted by Gasteiger charge is -2.35. The van der Waals surface area contributed by atoms with Crippen molar-refractivity contribution in [1.29, 1.82) is 0 Å². The smallest absolute Gasteiger partial charge is 0.345 e. The van der Waals surface area contributed by atoms with Gasteiger partial charge in [0.1, 0.15) is 12.4 Å². The fourth-order valence-corrected chi connectivity index (χ4v) is 5.38. The van der Waals surface area contributed by atoms with Crippen molar-refractivity contribution in [3.05, 3.63) is 81.2 Å². The highest BCUT2D eigenvalue weighted by Gasteiger charge is 2.19. The van der Waals surface area contributed by atoms with Crippen LogP contribution < -0.4 is 9.80 Å². The number of benzene rings is 2. The maximum absolute atomic E-state index is 10.8. The van der Waals surface area contributed by atoms with Gasteiger partial charge in [-0.3, -0.25) is 20.2 Å². The van der Waals surface area contributed by atoms with Crippen molar-refractivity contribution in [2.24, 2.45) is 20.5 Å². The van der Waals surface area contributed by atoms with E-state index in [0.29, 0.717) is 11.4 Å². The molecular formula is C28H34N11O4S2+. The van der Waals surface area contributed by atoms with E-state index in [2.05, 4.69) is 68.2 Å². The zero-order chi connectivity index (χ0) is 32.4. The van der Waals surface area contributed by atoms with E-state index >= 15 is 0 Å². The van der Waals surface area contributed by atoms with Gasteiger partial charge < -0.3 is 14.3 Å². The fraction of sp³-hybridized carbons (Fsp3) is 0.357. The third-order valence-corrected chi connectivity index (χ3v) is 8.63. The van der Waals surface area contributed by atoms with E-state index < -0.39 is 9.85 Å². The van der Waals surface area contributed by atoms with Gasteiger partial charge in [0, 0.05) is 24.5 Å². The van der Waals surface area contributed by atoms with E-state index in [9.17, 15) is 20.2 Å². The number of likely N-dealkylation sites (N-methyl/N-ethyl adjacent to an activating group) is 3. The summed E-state index contributed by atoms with van der Waals surface area (Å²) in [6.45, 7) is 9.62. The summed E-state index contributed by atoms with van der Waals surface area (Å²) < 4.78 is 0.839. The Labute approximate surface area is 268 Å². The number of nitrogens with zero attached hydrogens (tertiary/aromatic N) is 11. The van der Waals surface area contributed by atoms with Gasteiger partial charge in [-0.25, -0.2) is 9.97 Å². The molecular weight excluding hydrogens is 619 g/mol. The lowest BCUT2D eigenvalue weighted by molar-refractivity contribution is -0.887. The zero-order valence-electron chi connectivity index (χ0n) is 25.4. The molecule has 0 radical (unpaired) electrons. The molecule has 0 bridgehead atoms. The van der Waals surface area contributed by atoms with Gasteiger partial charge in [0.2, 0.25) is 10.3 Å². The van der Waals surface area contributed by atoms with Crippen LogP contribution in [0.4, 0.5) is 43.0 Å². The minimum Gasteiger partial charge on any atom is -0.366 e. The fourth-order valence-electron chi connectivity index (χ4n) is 4.27. The van der Waals surface area contributed by atoms with Gasteiger partial charge >= 0.3 is 10.0 Å². The molecule has 15 nitrogen and oxygen atoms in total. The largest absolute Gasteiger partial charge is 0.366 e. The van der Waals surface area contributed by atoms with Crippen molar-refractivity contribution in [2.75, 3.05) is 63.2 Å². The summed E-state index contributed by atoms with van der Waals surface area (Å²) in [5.41, 5.74) is 3.46. The molecule has 236 valence electrons. The Morgan fingerprint density at radius 3 is 1.38 bits per heavy atom. The highest BCUT2D eigenvalue weighted by atomic mass is 32.1. The SMILES string of the molecule is CCN(CC[N+](C)(C)CCN(CC)c1ccc(N=Nc2ncc([N+](=O)[O-])s2)cc1)c1ccc(N=Nc2ncc([N+](=O)[O-])s2)cc1. The molecule has 0 aliphatic carbocycles. The second-order valence-corrected chi connectivity index (χ2v) is 12.4. The Morgan fingerprint density at radius 1 is 0.689 bits per heavy atom. The predicted octanol–water partition coefficient (Wildman–Crippen LogP) is 7.68. The lowest BCUT2D eigenvalue weighted by Crippen LogP contribution is -2.49. The third-order valence-electron chi connectivity index (χ3n) is 6.97. The number of nitro groups is 2. The second kappa shape index (κ2) is 15.3. The molecule has 0 amide bonds. The summed E-state index contributed by atoms with van der Waals surface area (Å²) in [5.74, 6) is 0. The van der Waals surface area contributed by atoms with E-state index in [1.807, 2.05) is 48.5 Å². The van der Waals surface area contributed by atoms with Crippen LogP contribution in [0.2, 0.25) is 0 Å². The molecule has 0 atom stereocenters. The van der Waals surface area contributed by atoms with Crippen molar-refractivity contribution < 1.29 is 14.3 Å². The quantitative estimate of drug-likeness (QED) is 0.0514. The van der Waals surface area contributed by atoms with Crippen LogP contribution in [0.5, 0.6) is 0 Å². The summed E-state index contributed by atoms with van der Waals surface area (Å²) in [6, 6.07) is 15.5. The van der Waals surface area contributed by atoms with Crippen molar-refractivity contribution in [1.82, 2.24) is 9.97 Å². The van der Waals surface area contributed by atoms with E-state index in [1.165, 1.54) is 12.4 Å². The van der Waals surface area contributed by atoms with E-state index in [0.717, 1.165) is 77.8 Å². The van der Waals surface area contributed by atoms with Crippen molar-refractivity contribution in [2.45, 2.75) is 13.8 Å². The first-order chi connectivity index (χ1) is 21.6. The third kappa shape index (κ3) is 9.62. The van der Waals surface area contributed by atoms with Crippen molar-refractivity contribution in [3.8, 4) is 0 Å². The molecule has 0 saturated heterocycles.